The zero-order chi connectivity index (χ0) is 33.7. The second-order valence-electron chi connectivity index (χ2n) is 11.5. The van der Waals surface area contributed by atoms with Gasteiger partial charge < -0.3 is 24.8 Å². The molecule has 0 spiro atoms. The molecule has 1 aromatic heterocycles. The molecule has 15 heteroatoms. The molecule has 4 aromatic rings. The number of benzene rings is 3. The van der Waals surface area contributed by atoms with Gasteiger partial charge in [0.25, 0.3) is 0 Å². The number of aliphatic hydroxyl groups excluding tert-OH is 1. The van der Waals surface area contributed by atoms with Gasteiger partial charge in [0.2, 0.25) is 11.1 Å². The molecule has 2 aliphatic rings. The molecule has 2 N–H and O–H groups in total. The Bertz CT molecular complexity index is 1690. The number of rotatable bonds is 10. The molecule has 3 aromatic carbocycles. The molecule has 48 heavy (non-hydrogen) atoms. The van der Waals surface area contributed by atoms with Crippen molar-refractivity contribution in [1.29, 1.82) is 0 Å². The fourth-order valence-corrected chi connectivity index (χ4v) is 6.64. The van der Waals surface area contributed by atoms with Gasteiger partial charge in [0.15, 0.2) is 6.29 Å². The van der Waals surface area contributed by atoms with Gasteiger partial charge in [-0.05, 0) is 52.1 Å². The Kier molecular flexibility index (Phi) is 10.4. The summed E-state index contributed by atoms with van der Waals surface area (Å²) < 4.78 is 53.5. The summed E-state index contributed by atoms with van der Waals surface area (Å²) in [5.41, 5.74) is 4.02. The Balaban J connectivity index is 1.12. The largest absolute Gasteiger partial charge is 0.471 e. The highest BCUT2D eigenvalue weighted by molar-refractivity contribution is 7.99. The zero-order valence-electron chi connectivity index (χ0n) is 25.6. The van der Waals surface area contributed by atoms with E-state index >= 15 is 0 Å². The van der Waals surface area contributed by atoms with Crippen molar-refractivity contribution in [2.24, 2.45) is 0 Å². The molecule has 11 nitrogen and oxygen atoms in total. The molecule has 4 unspecified atom stereocenters. The number of thioether (sulfide) groups is 1. The number of carbonyl (C=O) groups is 2. The third-order valence-electron chi connectivity index (χ3n) is 8.23. The van der Waals surface area contributed by atoms with Crippen LogP contribution < -0.4 is 5.32 Å². The van der Waals surface area contributed by atoms with E-state index in [-0.39, 0.29) is 38.3 Å². The summed E-state index contributed by atoms with van der Waals surface area (Å²) in [6.45, 7) is -0.0990. The minimum atomic E-state index is -5.03. The van der Waals surface area contributed by atoms with Crippen LogP contribution in [0.25, 0.3) is 5.69 Å². The number of carbonyl (C=O) groups excluding carboxylic acids is 2. The number of alkyl halides is 3. The summed E-state index contributed by atoms with van der Waals surface area (Å²) in [4.78, 5) is 25.1. The maximum atomic E-state index is 13.0. The van der Waals surface area contributed by atoms with E-state index < -0.39 is 30.3 Å². The highest BCUT2D eigenvalue weighted by atomic mass is 32.2. The topological polar surface area (TPSA) is 132 Å². The Morgan fingerprint density at radius 3 is 2.38 bits per heavy atom. The fourth-order valence-electron chi connectivity index (χ4n) is 5.74. The van der Waals surface area contributed by atoms with Gasteiger partial charge in [-0.25, -0.2) is 0 Å². The number of tetrazole rings is 1. The number of aromatic nitrogens is 4. The lowest BCUT2D eigenvalue weighted by molar-refractivity contribution is -0.245. The summed E-state index contributed by atoms with van der Waals surface area (Å²) in [5.74, 6) is -2.08. The molecule has 3 heterocycles. The molecule has 2 amide bonds. The molecule has 0 radical (unpaired) electrons. The Hall–Kier alpha value is -4.31. The molecule has 252 valence electrons. The molecular formula is C33H33F3N6O5S. The van der Waals surface area contributed by atoms with Crippen LogP contribution in [0.1, 0.15) is 53.9 Å². The summed E-state index contributed by atoms with van der Waals surface area (Å²) in [6, 6.07) is 23.2. The third kappa shape index (κ3) is 7.86. The van der Waals surface area contributed by atoms with E-state index in [0.717, 1.165) is 22.4 Å². The third-order valence-corrected chi connectivity index (χ3v) is 9.28. The van der Waals surface area contributed by atoms with Crippen molar-refractivity contribution >= 4 is 23.6 Å². The Labute approximate surface area is 278 Å². The Morgan fingerprint density at radius 2 is 1.67 bits per heavy atom. The number of hydrogen-bond donors (Lipinski definition) is 2. The van der Waals surface area contributed by atoms with E-state index in [1.807, 2.05) is 66.7 Å². The number of amides is 2. The molecule has 2 aliphatic heterocycles. The number of aliphatic hydroxyl groups is 1. The standard InChI is InChI=1S/C33H33F3N6O5S/c34-33(35,36)31(45)41-16-4-7-27(41)29(44)37-18-21-8-14-24(15-9-21)30-46-26(17-28(47-30)23-12-10-22(19-43)11-13-23)20-48-32-38-39-40-42(32)25-5-2-1-3-6-25/h1-3,5-6,8-15,26-28,30,43H,4,7,16-20H2,(H,37,44). The number of hydrogen-bond acceptors (Lipinski definition) is 9. The zero-order valence-corrected chi connectivity index (χ0v) is 26.4. The van der Waals surface area contributed by atoms with E-state index in [1.165, 1.54) is 11.8 Å². The van der Waals surface area contributed by atoms with Crippen molar-refractivity contribution in [3.8, 4) is 5.69 Å². The molecule has 0 bridgehead atoms. The summed E-state index contributed by atoms with van der Waals surface area (Å²) in [7, 11) is 0. The average Bonchev–Trinajstić information content (AvgIpc) is 3.80. The second kappa shape index (κ2) is 14.8. The van der Waals surface area contributed by atoms with Crippen molar-refractivity contribution in [2.45, 2.75) is 68.3 Å². The number of para-hydroxylation sites is 1. The van der Waals surface area contributed by atoms with Gasteiger partial charge in [0.05, 0.1) is 24.5 Å². The molecule has 4 atom stereocenters. The van der Waals surface area contributed by atoms with Crippen LogP contribution in [0, 0.1) is 0 Å². The van der Waals surface area contributed by atoms with Crippen LogP contribution in [-0.2, 0) is 32.2 Å². The van der Waals surface area contributed by atoms with Gasteiger partial charge >= 0.3 is 12.1 Å². The highest BCUT2D eigenvalue weighted by Crippen LogP contribution is 2.39. The number of likely N-dealkylation sites (tertiary alicyclic amines) is 1. The van der Waals surface area contributed by atoms with E-state index in [9.17, 15) is 27.9 Å². The first kappa shape index (κ1) is 33.6. The van der Waals surface area contributed by atoms with Gasteiger partial charge in [-0.1, -0.05) is 78.5 Å². The maximum Gasteiger partial charge on any atom is 0.471 e. The van der Waals surface area contributed by atoms with Crippen LogP contribution in [0.5, 0.6) is 0 Å². The van der Waals surface area contributed by atoms with E-state index in [4.69, 9.17) is 9.47 Å². The summed E-state index contributed by atoms with van der Waals surface area (Å²) in [5, 5.41) is 24.9. The first-order valence-corrected chi connectivity index (χ1v) is 16.4. The quantitative estimate of drug-likeness (QED) is 0.229. The number of ether oxygens (including phenoxy) is 2. The first-order valence-electron chi connectivity index (χ1n) is 15.4. The molecular weight excluding hydrogens is 649 g/mol. The van der Waals surface area contributed by atoms with Gasteiger partial charge in [-0.2, -0.15) is 17.9 Å². The lowest BCUT2D eigenvalue weighted by Crippen LogP contribution is -2.50. The van der Waals surface area contributed by atoms with Crippen LogP contribution in [-0.4, -0.2) is 72.6 Å². The minimum Gasteiger partial charge on any atom is -0.392 e. The predicted molar refractivity (Wildman–Crippen MR) is 167 cm³/mol. The van der Waals surface area contributed by atoms with Gasteiger partial charge in [-0.15, -0.1) is 5.10 Å². The van der Waals surface area contributed by atoms with Crippen molar-refractivity contribution in [2.75, 3.05) is 12.3 Å². The second-order valence-corrected chi connectivity index (χ2v) is 12.5. The van der Waals surface area contributed by atoms with E-state index in [0.29, 0.717) is 34.2 Å². The van der Waals surface area contributed by atoms with E-state index in [2.05, 4.69) is 20.8 Å². The summed E-state index contributed by atoms with van der Waals surface area (Å²) in [6.07, 6.45) is -5.24. The first-order chi connectivity index (χ1) is 23.2. The normalized spacial score (nSPS) is 21.3. The molecule has 0 aliphatic carbocycles. The number of nitrogens with one attached hydrogen (secondary N) is 1. The monoisotopic (exact) mass is 682 g/mol. The maximum absolute atomic E-state index is 13.0. The SMILES string of the molecule is O=C(NCc1ccc(C2OC(CSc3nnnn3-c3ccccc3)CC(c3ccc(CO)cc3)O2)cc1)C1CCCN1C(=O)C(F)(F)F. The van der Waals surface area contributed by atoms with Gasteiger partial charge in [-0.3, -0.25) is 9.59 Å². The van der Waals surface area contributed by atoms with Gasteiger partial charge in [0, 0.05) is 30.8 Å². The van der Waals surface area contributed by atoms with Crippen LogP contribution >= 0.6 is 11.8 Å². The molecule has 6 rings (SSSR count). The van der Waals surface area contributed by atoms with Crippen LogP contribution in [0.3, 0.4) is 0 Å². The lowest BCUT2D eigenvalue weighted by atomic mass is 10.0. The lowest BCUT2D eigenvalue weighted by Gasteiger charge is -2.36. The highest BCUT2D eigenvalue weighted by Gasteiger charge is 2.47. The molecule has 0 saturated carbocycles. The van der Waals surface area contributed by atoms with Crippen LogP contribution in [0.15, 0.2) is 84.0 Å². The number of halogens is 3. The van der Waals surface area contributed by atoms with Crippen molar-refractivity contribution < 1.29 is 37.3 Å². The van der Waals surface area contributed by atoms with E-state index in [1.54, 1.807) is 16.8 Å². The molecule has 2 fully saturated rings. The van der Waals surface area contributed by atoms with Crippen LogP contribution in [0.2, 0.25) is 0 Å². The summed E-state index contributed by atoms with van der Waals surface area (Å²) >= 11 is 1.47. The predicted octanol–water partition coefficient (Wildman–Crippen LogP) is 4.66. The Morgan fingerprint density at radius 1 is 0.958 bits per heavy atom. The average molecular weight is 683 g/mol. The fraction of sp³-hybridized carbons (Fsp3) is 0.364. The number of nitrogens with zero attached hydrogens (tertiary/aromatic N) is 5. The molecule has 2 saturated heterocycles. The van der Waals surface area contributed by atoms with Crippen molar-refractivity contribution in [3.05, 3.63) is 101 Å². The van der Waals surface area contributed by atoms with Crippen LogP contribution in [0.4, 0.5) is 13.2 Å². The minimum absolute atomic E-state index is 0.0651. The van der Waals surface area contributed by atoms with Crippen molar-refractivity contribution in [1.82, 2.24) is 30.4 Å². The smallest absolute Gasteiger partial charge is 0.392 e. The van der Waals surface area contributed by atoms with Crippen molar-refractivity contribution in [3.63, 3.8) is 0 Å². The van der Waals surface area contributed by atoms with Gasteiger partial charge in [0.1, 0.15) is 6.04 Å².